The minimum absolute atomic E-state index is 0.157. The van der Waals surface area contributed by atoms with Crippen LogP contribution in [0.3, 0.4) is 0 Å². The summed E-state index contributed by atoms with van der Waals surface area (Å²) in [5, 5.41) is 0. The predicted octanol–water partition coefficient (Wildman–Crippen LogP) is 8.19. The Labute approximate surface area is 169 Å². The van der Waals surface area contributed by atoms with E-state index in [1.807, 2.05) is 6.08 Å². The van der Waals surface area contributed by atoms with Gasteiger partial charge in [-0.3, -0.25) is 0 Å². The maximum absolute atomic E-state index is 14.0. The highest BCUT2D eigenvalue weighted by Crippen LogP contribution is 2.41. The van der Waals surface area contributed by atoms with Gasteiger partial charge in [-0.15, -0.1) is 0 Å². The number of rotatable bonds is 4. The molecule has 160 valence electrons. The van der Waals surface area contributed by atoms with E-state index in [-0.39, 0.29) is 6.08 Å². The lowest BCUT2D eigenvalue weighted by Crippen LogP contribution is -2.24. The molecule has 5 heteroatoms. The molecule has 0 saturated heterocycles. The van der Waals surface area contributed by atoms with E-state index in [1.165, 1.54) is 38.5 Å². The van der Waals surface area contributed by atoms with Gasteiger partial charge in [0.15, 0.2) is 0 Å². The van der Waals surface area contributed by atoms with Crippen LogP contribution in [0.25, 0.3) is 12.2 Å². The second-order valence-corrected chi connectivity index (χ2v) is 8.83. The van der Waals surface area contributed by atoms with Crippen LogP contribution in [-0.2, 0) is 0 Å². The van der Waals surface area contributed by atoms with Gasteiger partial charge in [0.1, 0.15) is 11.6 Å². The Morgan fingerprint density at radius 1 is 0.793 bits per heavy atom. The molecule has 3 rings (SSSR count). The number of benzene rings is 1. The Morgan fingerprint density at radius 3 is 1.83 bits per heavy atom. The van der Waals surface area contributed by atoms with E-state index in [1.54, 1.807) is 6.08 Å². The van der Waals surface area contributed by atoms with Gasteiger partial charge < -0.3 is 0 Å². The van der Waals surface area contributed by atoms with Crippen LogP contribution in [0.1, 0.15) is 69.4 Å². The van der Waals surface area contributed by atoms with Gasteiger partial charge in [-0.2, -0.15) is 13.2 Å². The van der Waals surface area contributed by atoms with E-state index in [4.69, 9.17) is 0 Å². The SMILES string of the molecule is CC1CCC(C2CCC(/C=C/c3cc(F)c(/C=C/C(F)(F)F)c(F)c3)CC2)CC1. The third kappa shape index (κ3) is 6.42. The highest BCUT2D eigenvalue weighted by Gasteiger charge is 2.29. The number of hydrogen-bond donors (Lipinski definition) is 0. The summed E-state index contributed by atoms with van der Waals surface area (Å²) in [7, 11) is 0. The van der Waals surface area contributed by atoms with Crippen molar-refractivity contribution in [3.63, 3.8) is 0 Å². The summed E-state index contributed by atoms with van der Waals surface area (Å²) in [6, 6.07) is 2.18. The van der Waals surface area contributed by atoms with Crippen molar-refractivity contribution in [2.45, 2.75) is 64.5 Å². The van der Waals surface area contributed by atoms with E-state index < -0.39 is 23.4 Å². The van der Waals surface area contributed by atoms with Crippen molar-refractivity contribution in [2.75, 3.05) is 0 Å². The van der Waals surface area contributed by atoms with Crippen molar-refractivity contribution < 1.29 is 22.0 Å². The van der Waals surface area contributed by atoms with Crippen molar-refractivity contribution >= 4 is 12.2 Å². The van der Waals surface area contributed by atoms with Gasteiger partial charge in [0, 0.05) is 11.6 Å². The van der Waals surface area contributed by atoms with E-state index >= 15 is 0 Å². The summed E-state index contributed by atoms with van der Waals surface area (Å²) >= 11 is 0. The minimum Gasteiger partial charge on any atom is -0.206 e. The molecule has 1 aromatic rings. The first-order chi connectivity index (χ1) is 13.7. The molecule has 2 aliphatic carbocycles. The second kappa shape index (κ2) is 9.44. The Hall–Kier alpha value is -1.65. The monoisotopic (exact) mass is 412 g/mol. The summed E-state index contributed by atoms with van der Waals surface area (Å²) in [6.07, 6.45) is 9.33. The topological polar surface area (TPSA) is 0 Å². The molecule has 0 unspecified atom stereocenters. The molecule has 2 saturated carbocycles. The van der Waals surface area contributed by atoms with Crippen LogP contribution in [0.5, 0.6) is 0 Å². The van der Waals surface area contributed by atoms with Crippen LogP contribution < -0.4 is 0 Å². The van der Waals surface area contributed by atoms with Gasteiger partial charge in [-0.25, -0.2) is 8.78 Å². The minimum atomic E-state index is -4.60. The average molecular weight is 412 g/mol. The number of halogens is 5. The van der Waals surface area contributed by atoms with Crippen LogP contribution in [0, 0.1) is 35.3 Å². The van der Waals surface area contributed by atoms with Gasteiger partial charge in [0.2, 0.25) is 0 Å². The van der Waals surface area contributed by atoms with Gasteiger partial charge in [0.25, 0.3) is 0 Å². The van der Waals surface area contributed by atoms with Gasteiger partial charge in [-0.05, 0) is 86.0 Å². The second-order valence-electron chi connectivity index (χ2n) is 8.83. The fraction of sp³-hybridized carbons (Fsp3) is 0.583. The molecule has 0 amide bonds. The fourth-order valence-corrected chi connectivity index (χ4v) is 4.85. The van der Waals surface area contributed by atoms with Crippen molar-refractivity contribution in [3.05, 3.63) is 47.0 Å². The highest BCUT2D eigenvalue weighted by molar-refractivity contribution is 5.57. The molecule has 29 heavy (non-hydrogen) atoms. The Balaban J connectivity index is 1.56. The van der Waals surface area contributed by atoms with Crippen LogP contribution >= 0.6 is 0 Å². The fourth-order valence-electron chi connectivity index (χ4n) is 4.85. The standard InChI is InChI=1S/C24H29F5/c1-16-2-8-19(9-3-16)20-10-6-17(7-11-20)4-5-18-14-22(25)21(23(26)15-18)12-13-24(27,28)29/h4-5,12-17,19-20H,2-3,6-11H2,1H3/b5-4+,13-12+. The molecule has 0 heterocycles. The lowest BCUT2D eigenvalue weighted by Gasteiger charge is -2.36. The largest absolute Gasteiger partial charge is 0.409 e. The zero-order valence-electron chi connectivity index (χ0n) is 16.8. The Bertz CT molecular complexity index is 707. The van der Waals surface area contributed by atoms with Gasteiger partial charge >= 0.3 is 6.18 Å². The maximum Gasteiger partial charge on any atom is 0.409 e. The molecule has 0 aliphatic heterocycles. The summed E-state index contributed by atoms with van der Waals surface area (Å²) in [4.78, 5) is 0. The molecule has 2 aliphatic rings. The number of hydrogen-bond acceptors (Lipinski definition) is 0. The molecule has 0 radical (unpaired) electrons. The van der Waals surface area contributed by atoms with Crippen LogP contribution in [-0.4, -0.2) is 6.18 Å². The van der Waals surface area contributed by atoms with Crippen molar-refractivity contribution in [3.8, 4) is 0 Å². The molecule has 1 aromatic carbocycles. The smallest absolute Gasteiger partial charge is 0.206 e. The van der Waals surface area contributed by atoms with Gasteiger partial charge in [-0.1, -0.05) is 31.9 Å². The average Bonchev–Trinajstić information content (AvgIpc) is 2.66. The molecular weight excluding hydrogens is 383 g/mol. The lowest BCUT2D eigenvalue weighted by atomic mass is 9.69. The molecular formula is C24H29F5. The summed E-state index contributed by atoms with van der Waals surface area (Å²) in [6.45, 7) is 2.34. The van der Waals surface area contributed by atoms with Crippen molar-refractivity contribution in [1.82, 2.24) is 0 Å². The lowest BCUT2D eigenvalue weighted by molar-refractivity contribution is -0.0790. The summed E-state index contributed by atoms with van der Waals surface area (Å²) in [5.41, 5.74) is -0.325. The Morgan fingerprint density at radius 2 is 1.31 bits per heavy atom. The number of allylic oxidation sites excluding steroid dienone is 2. The predicted molar refractivity (Wildman–Crippen MR) is 107 cm³/mol. The van der Waals surface area contributed by atoms with Gasteiger partial charge in [0.05, 0.1) is 0 Å². The maximum atomic E-state index is 14.0. The zero-order chi connectivity index (χ0) is 21.0. The van der Waals surface area contributed by atoms with E-state index in [0.29, 0.717) is 17.6 Å². The summed E-state index contributed by atoms with van der Waals surface area (Å²) < 4.78 is 64.8. The molecule has 0 bridgehead atoms. The third-order valence-electron chi connectivity index (χ3n) is 6.64. The Kier molecular flexibility index (Phi) is 7.18. The summed E-state index contributed by atoms with van der Waals surface area (Å²) in [5.74, 6) is 0.950. The van der Waals surface area contributed by atoms with E-state index in [0.717, 1.165) is 42.7 Å². The molecule has 0 N–H and O–H groups in total. The first-order valence-corrected chi connectivity index (χ1v) is 10.6. The van der Waals surface area contributed by atoms with Crippen LogP contribution in [0.4, 0.5) is 22.0 Å². The van der Waals surface area contributed by atoms with Crippen molar-refractivity contribution in [1.29, 1.82) is 0 Å². The van der Waals surface area contributed by atoms with Crippen LogP contribution in [0.15, 0.2) is 24.3 Å². The van der Waals surface area contributed by atoms with Crippen molar-refractivity contribution in [2.24, 2.45) is 23.7 Å². The highest BCUT2D eigenvalue weighted by atomic mass is 19.4. The van der Waals surface area contributed by atoms with E-state index in [2.05, 4.69) is 6.92 Å². The zero-order valence-corrected chi connectivity index (χ0v) is 16.8. The molecule has 0 spiro atoms. The number of alkyl halides is 3. The first kappa shape index (κ1) is 22.0. The molecule has 0 nitrogen and oxygen atoms in total. The molecule has 0 atom stereocenters. The van der Waals surface area contributed by atoms with Crippen LogP contribution in [0.2, 0.25) is 0 Å². The third-order valence-corrected chi connectivity index (χ3v) is 6.64. The van der Waals surface area contributed by atoms with E-state index in [9.17, 15) is 22.0 Å². The molecule has 2 fully saturated rings. The normalized spacial score (nSPS) is 29.0. The molecule has 0 aromatic heterocycles. The first-order valence-electron chi connectivity index (χ1n) is 10.6. The quantitative estimate of drug-likeness (QED) is 0.437.